The van der Waals surface area contributed by atoms with Crippen molar-refractivity contribution in [3.05, 3.63) is 0 Å². The monoisotopic (exact) mass is 328 g/mol. The topological polar surface area (TPSA) is 26.3 Å². The minimum absolute atomic E-state index is 0. The summed E-state index contributed by atoms with van der Waals surface area (Å²) in [6.45, 7) is 3.65. The van der Waals surface area contributed by atoms with Gasteiger partial charge in [0.15, 0.2) is 0 Å². The SMILES string of the molecule is Br.Br.Br.CCOC(C)=O. The van der Waals surface area contributed by atoms with Gasteiger partial charge in [-0.2, -0.15) is 0 Å². The molecule has 0 unspecified atom stereocenters. The highest BCUT2D eigenvalue weighted by Gasteiger charge is 1.81. The molecule has 0 aliphatic carbocycles. The summed E-state index contributed by atoms with van der Waals surface area (Å²) in [6, 6.07) is 0. The first-order valence-corrected chi connectivity index (χ1v) is 1.90. The van der Waals surface area contributed by atoms with E-state index in [1.54, 1.807) is 6.92 Å². The molecule has 0 aliphatic rings. The maximum atomic E-state index is 9.82. The molecule has 9 heavy (non-hydrogen) atoms. The Morgan fingerprint density at radius 3 is 1.67 bits per heavy atom. The summed E-state index contributed by atoms with van der Waals surface area (Å²) in [6.07, 6.45) is 0. The van der Waals surface area contributed by atoms with Gasteiger partial charge in [0.05, 0.1) is 6.61 Å². The van der Waals surface area contributed by atoms with Crippen molar-refractivity contribution in [2.75, 3.05) is 6.61 Å². The number of hydrogen-bond donors (Lipinski definition) is 0. The van der Waals surface area contributed by atoms with Gasteiger partial charge in [-0.1, -0.05) is 0 Å². The Morgan fingerprint density at radius 2 is 1.67 bits per heavy atom. The van der Waals surface area contributed by atoms with Crippen molar-refractivity contribution < 1.29 is 9.53 Å². The molecule has 0 fully saturated rings. The Kier molecular flexibility index (Phi) is 39.9. The second-order valence-electron chi connectivity index (χ2n) is 0.925. The van der Waals surface area contributed by atoms with Crippen LogP contribution in [0.15, 0.2) is 0 Å². The molecule has 60 valence electrons. The normalized spacial score (nSPS) is 5.11. The van der Waals surface area contributed by atoms with E-state index in [1.807, 2.05) is 0 Å². The van der Waals surface area contributed by atoms with Gasteiger partial charge >= 0.3 is 5.97 Å². The quantitative estimate of drug-likeness (QED) is 0.690. The van der Waals surface area contributed by atoms with Gasteiger partial charge in [-0.15, -0.1) is 50.9 Å². The van der Waals surface area contributed by atoms with Crippen LogP contribution in [0.4, 0.5) is 0 Å². The maximum Gasteiger partial charge on any atom is 0.302 e. The largest absolute Gasteiger partial charge is 0.466 e. The van der Waals surface area contributed by atoms with E-state index in [2.05, 4.69) is 4.74 Å². The van der Waals surface area contributed by atoms with Crippen LogP contribution < -0.4 is 0 Å². The number of ether oxygens (including phenoxy) is 1. The zero-order valence-corrected chi connectivity index (χ0v) is 10.4. The minimum Gasteiger partial charge on any atom is -0.466 e. The Morgan fingerprint density at radius 1 is 1.33 bits per heavy atom. The van der Waals surface area contributed by atoms with E-state index in [1.165, 1.54) is 6.92 Å². The van der Waals surface area contributed by atoms with E-state index in [0.717, 1.165) is 0 Å². The zero-order chi connectivity index (χ0) is 4.99. The molecule has 2 nitrogen and oxygen atoms in total. The molecular formula is C4H11Br3O2. The Labute approximate surface area is 86.6 Å². The summed E-state index contributed by atoms with van der Waals surface area (Å²) in [5, 5.41) is 0. The Bertz CT molecular complexity index is 57.8. The van der Waals surface area contributed by atoms with Crippen molar-refractivity contribution in [3.63, 3.8) is 0 Å². The van der Waals surface area contributed by atoms with E-state index in [0.29, 0.717) is 6.61 Å². The standard InChI is InChI=1S/C4H8O2.3BrH/c1-3-6-4(2)5;;;/h3H2,1-2H3;3*1H. The van der Waals surface area contributed by atoms with Crippen molar-refractivity contribution in [3.8, 4) is 0 Å². The van der Waals surface area contributed by atoms with Gasteiger partial charge in [-0.25, -0.2) is 0 Å². The summed E-state index contributed by atoms with van der Waals surface area (Å²) < 4.78 is 4.40. The van der Waals surface area contributed by atoms with Crippen LogP contribution in [0.25, 0.3) is 0 Å². The summed E-state index contributed by atoms with van der Waals surface area (Å²) in [7, 11) is 0. The van der Waals surface area contributed by atoms with Crippen LogP contribution in [0.1, 0.15) is 13.8 Å². The molecule has 0 N–H and O–H groups in total. The van der Waals surface area contributed by atoms with Crippen molar-refractivity contribution in [1.82, 2.24) is 0 Å². The summed E-state index contributed by atoms with van der Waals surface area (Å²) in [4.78, 5) is 9.82. The van der Waals surface area contributed by atoms with E-state index < -0.39 is 0 Å². The van der Waals surface area contributed by atoms with Crippen LogP contribution in [0.3, 0.4) is 0 Å². The van der Waals surface area contributed by atoms with E-state index >= 15 is 0 Å². The first kappa shape index (κ1) is 22.5. The number of rotatable bonds is 1. The second-order valence-corrected chi connectivity index (χ2v) is 0.925. The van der Waals surface area contributed by atoms with Gasteiger partial charge in [0.1, 0.15) is 0 Å². The predicted octanol–water partition coefficient (Wildman–Crippen LogP) is 2.30. The van der Waals surface area contributed by atoms with Gasteiger partial charge in [0, 0.05) is 6.92 Å². The number of halogens is 3. The van der Waals surface area contributed by atoms with E-state index in [4.69, 9.17) is 0 Å². The first-order chi connectivity index (χ1) is 2.77. The molecule has 0 bridgehead atoms. The van der Waals surface area contributed by atoms with Crippen molar-refractivity contribution in [1.29, 1.82) is 0 Å². The fraction of sp³-hybridized carbons (Fsp3) is 0.750. The average Bonchev–Trinajstić information content (AvgIpc) is 1.35. The molecule has 0 aromatic heterocycles. The molecule has 0 aromatic carbocycles. The van der Waals surface area contributed by atoms with Crippen LogP contribution in [0, 0.1) is 0 Å². The van der Waals surface area contributed by atoms with Gasteiger partial charge in [0.25, 0.3) is 0 Å². The van der Waals surface area contributed by atoms with Crippen molar-refractivity contribution in [2.24, 2.45) is 0 Å². The Balaban J connectivity index is -0.0000000417. The molecule has 0 spiro atoms. The molecule has 0 atom stereocenters. The molecule has 0 saturated carbocycles. The van der Waals surface area contributed by atoms with E-state index in [9.17, 15) is 4.79 Å². The van der Waals surface area contributed by atoms with Crippen molar-refractivity contribution >= 4 is 56.9 Å². The molecule has 0 saturated heterocycles. The molecule has 0 rings (SSSR count). The van der Waals surface area contributed by atoms with Gasteiger partial charge in [-0.3, -0.25) is 4.79 Å². The molecule has 0 radical (unpaired) electrons. The van der Waals surface area contributed by atoms with Crippen molar-refractivity contribution in [2.45, 2.75) is 13.8 Å². The van der Waals surface area contributed by atoms with Gasteiger partial charge in [0.2, 0.25) is 0 Å². The fourth-order valence-corrected chi connectivity index (χ4v) is 0.203. The fourth-order valence-electron chi connectivity index (χ4n) is 0.203. The maximum absolute atomic E-state index is 9.82. The van der Waals surface area contributed by atoms with Crippen LogP contribution in [-0.2, 0) is 9.53 Å². The molecule has 5 heteroatoms. The lowest BCUT2D eigenvalue weighted by Crippen LogP contribution is -1.95. The lowest BCUT2D eigenvalue weighted by atomic mass is 10.8. The zero-order valence-electron chi connectivity index (χ0n) is 5.25. The Hall–Kier alpha value is 0.910. The van der Waals surface area contributed by atoms with Gasteiger partial charge in [-0.05, 0) is 6.92 Å². The highest BCUT2D eigenvalue weighted by Crippen LogP contribution is 1.69. The summed E-state index contributed by atoms with van der Waals surface area (Å²) >= 11 is 0. The first-order valence-electron chi connectivity index (χ1n) is 1.90. The van der Waals surface area contributed by atoms with Crippen LogP contribution in [0.2, 0.25) is 0 Å². The minimum atomic E-state index is -0.211. The number of esters is 1. The third kappa shape index (κ3) is 27.8. The smallest absolute Gasteiger partial charge is 0.302 e. The number of hydrogen-bond acceptors (Lipinski definition) is 2. The van der Waals surface area contributed by atoms with E-state index in [-0.39, 0.29) is 56.9 Å². The van der Waals surface area contributed by atoms with Crippen LogP contribution in [0.5, 0.6) is 0 Å². The summed E-state index contributed by atoms with van der Waals surface area (Å²) in [5.74, 6) is -0.211. The summed E-state index contributed by atoms with van der Waals surface area (Å²) in [5.41, 5.74) is 0. The predicted molar refractivity (Wildman–Crippen MR) is 53.3 cm³/mol. The van der Waals surface area contributed by atoms with Crippen LogP contribution in [-0.4, -0.2) is 12.6 Å². The molecule has 0 aliphatic heterocycles. The molecule has 0 amide bonds. The number of carbonyl (C=O) groups is 1. The highest BCUT2D eigenvalue weighted by molar-refractivity contribution is 8.93. The number of carbonyl (C=O) groups excluding carboxylic acids is 1. The molecule has 0 aromatic rings. The van der Waals surface area contributed by atoms with Crippen LogP contribution >= 0.6 is 50.9 Å². The second kappa shape index (κ2) is 16.0. The molecular weight excluding hydrogens is 320 g/mol. The lowest BCUT2D eigenvalue weighted by Gasteiger charge is -1.89. The third-order valence-electron chi connectivity index (χ3n) is 0.348. The molecule has 0 heterocycles. The lowest BCUT2D eigenvalue weighted by molar-refractivity contribution is -0.140. The van der Waals surface area contributed by atoms with Gasteiger partial charge < -0.3 is 4.74 Å². The average molecular weight is 331 g/mol. The third-order valence-corrected chi connectivity index (χ3v) is 0.348. The highest BCUT2D eigenvalue weighted by atomic mass is 79.9.